The van der Waals surface area contributed by atoms with Crippen molar-refractivity contribution in [1.82, 2.24) is 0 Å². The van der Waals surface area contributed by atoms with Crippen LogP contribution in [-0.4, -0.2) is 31.7 Å². The molecule has 0 N–H and O–H groups in total. The minimum absolute atomic E-state index is 1.42. The van der Waals surface area contributed by atoms with Crippen LogP contribution in [0.25, 0.3) is 0 Å². The molecule has 13 heavy (non-hydrogen) atoms. The van der Waals surface area contributed by atoms with Crippen molar-refractivity contribution in [2.75, 3.05) is 13.2 Å². The molecule has 1 unspecified atom stereocenters. The van der Waals surface area contributed by atoms with Crippen LogP contribution in [0.5, 0.6) is 0 Å². The van der Waals surface area contributed by atoms with E-state index in [1.54, 1.807) is 0 Å². The summed E-state index contributed by atoms with van der Waals surface area (Å²) in [5, 5.41) is 9.62. The highest BCUT2D eigenvalue weighted by Gasteiger charge is 2.59. The van der Waals surface area contributed by atoms with E-state index in [9.17, 15) is 31.4 Å². The molecule has 0 amide bonds. The third kappa shape index (κ3) is 3.81. The molecule has 0 saturated heterocycles. The smallest absolute Gasteiger partial charge is 0.310 e. The SMILES string of the molecule is [O]CC(F)COC(F)(F)C(F)(F)F. The third-order valence-electron chi connectivity index (χ3n) is 0.956. The average Bonchev–Trinajstić information content (AvgIpc) is 1.98. The topological polar surface area (TPSA) is 29.1 Å². The first-order valence-corrected chi connectivity index (χ1v) is 3.01. The van der Waals surface area contributed by atoms with Crippen LogP contribution in [0, 0.1) is 0 Å². The van der Waals surface area contributed by atoms with Crippen molar-refractivity contribution in [3.8, 4) is 0 Å². The fourth-order valence-corrected chi connectivity index (χ4v) is 0.325. The number of hydrogen-bond acceptors (Lipinski definition) is 1. The Kier molecular flexibility index (Phi) is 3.98. The molecule has 0 aliphatic carbocycles. The lowest BCUT2D eigenvalue weighted by Gasteiger charge is -2.19. The Morgan fingerprint density at radius 2 is 1.62 bits per heavy atom. The fraction of sp³-hybridized carbons (Fsp3) is 1.00. The molecule has 0 aliphatic heterocycles. The van der Waals surface area contributed by atoms with Crippen LogP contribution in [0.15, 0.2) is 0 Å². The largest absolute Gasteiger partial charge is 0.482 e. The summed E-state index contributed by atoms with van der Waals surface area (Å²) < 4.78 is 72.4. The van der Waals surface area contributed by atoms with Crippen molar-refractivity contribution < 1.29 is 36.2 Å². The van der Waals surface area contributed by atoms with Crippen LogP contribution < -0.4 is 0 Å². The third-order valence-corrected chi connectivity index (χ3v) is 0.956. The monoisotopic (exact) mass is 211 g/mol. The van der Waals surface area contributed by atoms with Gasteiger partial charge in [-0.25, -0.2) is 9.50 Å². The van der Waals surface area contributed by atoms with E-state index in [1.807, 2.05) is 0 Å². The summed E-state index contributed by atoms with van der Waals surface area (Å²) in [5.41, 5.74) is 0. The van der Waals surface area contributed by atoms with Gasteiger partial charge in [-0.3, -0.25) is 0 Å². The molecule has 8 heteroatoms. The zero-order valence-corrected chi connectivity index (χ0v) is 6.08. The van der Waals surface area contributed by atoms with Crippen molar-refractivity contribution in [3.63, 3.8) is 0 Å². The van der Waals surface area contributed by atoms with Gasteiger partial charge in [-0.15, -0.1) is 0 Å². The van der Waals surface area contributed by atoms with E-state index in [-0.39, 0.29) is 0 Å². The number of rotatable bonds is 4. The van der Waals surface area contributed by atoms with E-state index in [1.165, 1.54) is 0 Å². The van der Waals surface area contributed by atoms with Gasteiger partial charge in [-0.1, -0.05) is 0 Å². The van der Waals surface area contributed by atoms with Crippen LogP contribution in [-0.2, 0) is 9.84 Å². The van der Waals surface area contributed by atoms with Gasteiger partial charge in [0, 0.05) is 0 Å². The van der Waals surface area contributed by atoms with Crippen LogP contribution >= 0.6 is 0 Å². The molecule has 0 saturated carbocycles. The predicted molar refractivity (Wildman–Crippen MR) is 27.4 cm³/mol. The maximum absolute atomic E-state index is 11.9. The lowest BCUT2D eigenvalue weighted by atomic mass is 10.4. The van der Waals surface area contributed by atoms with E-state index in [0.717, 1.165) is 0 Å². The van der Waals surface area contributed by atoms with E-state index in [2.05, 4.69) is 4.74 Å². The van der Waals surface area contributed by atoms with Crippen molar-refractivity contribution in [2.24, 2.45) is 0 Å². The molecule has 0 fully saturated rings. The summed E-state index contributed by atoms with van der Waals surface area (Å²) in [6.07, 6.45) is -13.7. The van der Waals surface area contributed by atoms with E-state index < -0.39 is 31.7 Å². The summed E-state index contributed by atoms with van der Waals surface area (Å²) in [7, 11) is 0. The number of hydrogen-bond donors (Lipinski definition) is 0. The molecule has 0 rings (SSSR count). The molecule has 0 heterocycles. The quantitative estimate of drug-likeness (QED) is 0.653. The maximum atomic E-state index is 11.9. The molecule has 0 aromatic carbocycles. The van der Waals surface area contributed by atoms with Crippen LogP contribution in [0.2, 0.25) is 0 Å². The van der Waals surface area contributed by atoms with Gasteiger partial charge in [-0.05, 0) is 0 Å². The molecule has 0 aromatic heterocycles. The lowest BCUT2D eigenvalue weighted by molar-refractivity contribution is -0.393. The zero-order valence-electron chi connectivity index (χ0n) is 6.08. The normalized spacial score (nSPS) is 15.9. The summed E-state index contributed by atoms with van der Waals surface area (Å²) >= 11 is 0. The van der Waals surface area contributed by atoms with Crippen molar-refractivity contribution in [3.05, 3.63) is 0 Å². The van der Waals surface area contributed by atoms with Crippen molar-refractivity contribution >= 4 is 0 Å². The molecule has 1 atom stereocenters. The van der Waals surface area contributed by atoms with Gasteiger partial charge < -0.3 is 4.74 Å². The molecule has 1 radical (unpaired) electrons. The molecule has 0 spiro atoms. The highest BCUT2D eigenvalue weighted by Crippen LogP contribution is 2.36. The Morgan fingerprint density at radius 3 is 1.92 bits per heavy atom. The Bertz CT molecular complexity index is 156. The summed E-state index contributed by atoms with van der Waals surface area (Å²) in [6.45, 7) is -3.00. The van der Waals surface area contributed by atoms with E-state index >= 15 is 0 Å². The van der Waals surface area contributed by atoms with Crippen molar-refractivity contribution in [2.45, 2.75) is 18.5 Å². The Labute approximate surface area is 69.1 Å². The van der Waals surface area contributed by atoms with Gasteiger partial charge in [-0.2, -0.15) is 22.0 Å². The van der Waals surface area contributed by atoms with Gasteiger partial charge in [0.15, 0.2) is 0 Å². The molecule has 2 nitrogen and oxygen atoms in total. The second-order valence-electron chi connectivity index (χ2n) is 2.09. The Hall–Kier alpha value is -0.500. The van der Waals surface area contributed by atoms with Crippen LogP contribution in [0.3, 0.4) is 0 Å². The number of ether oxygens (including phenoxy) is 1. The van der Waals surface area contributed by atoms with Crippen LogP contribution in [0.1, 0.15) is 0 Å². The van der Waals surface area contributed by atoms with E-state index in [4.69, 9.17) is 0 Å². The van der Waals surface area contributed by atoms with Crippen LogP contribution in [0.4, 0.5) is 26.3 Å². The van der Waals surface area contributed by atoms with Gasteiger partial charge in [0.25, 0.3) is 0 Å². The minimum Gasteiger partial charge on any atom is -0.310 e. The lowest BCUT2D eigenvalue weighted by Crippen LogP contribution is -2.40. The second kappa shape index (κ2) is 4.14. The standard InChI is InChI=1S/C5H5F6O2/c6-3(1-12)2-13-5(10,11)4(7,8)9/h3H,1-2H2. The summed E-state index contributed by atoms with van der Waals surface area (Å²) in [6, 6.07) is 0. The van der Waals surface area contributed by atoms with E-state index in [0.29, 0.717) is 0 Å². The average molecular weight is 211 g/mol. The highest BCUT2D eigenvalue weighted by molar-refractivity contribution is 4.65. The fourth-order valence-electron chi connectivity index (χ4n) is 0.325. The zero-order chi connectivity index (χ0) is 10.7. The maximum Gasteiger partial charge on any atom is 0.482 e. The van der Waals surface area contributed by atoms with Crippen molar-refractivity contribution in [1.29, 1.82) is 0 Å². The van der Waals surface area contributed by atoms with Gasteiger partial charge in [0.2, 0.25) is 0 Å². The molecular weight excluding hydrogens is 206 g/mol. The highest BCUT2D eigenvalue weighted by atomic mass is 19.4. The number of halogens is 6. The molecule has 79 valence electrons. The Balaban J connectivity index is 4.04. The van der Waals surface area contributed by atoms with Gasteiger partial charge in [0.05, 0.1) is 6.61 Å². The molecule has 0 aliphatic rings. The minimum atomic E-state index is -5.89. The first-order chi connectivity index (χ1) is 5.70. The molecular formula is C5H5F6O2. The first kappa shape index (κ1) is 12.5. The molecule has 0 aromatic rings. The second-order valence-corrected chi connectivity index (χ2v) is 2.09. The summed E-state index contributed by atoms with van der Waals surface area (Å²) in [4.78, 5) is 0. The van der Waals surface area contributed by atoms with Gasteiger partial charge in [0.1, 0.15) is 12.8 Å². The summed E-state index contributed by atoms with van der Waals surface area (Å²) in [5.74, 6) is 0. The number of alkyl halides is 6. The predicted octanol–water partition coefficient (Wildman–Crippen LogP) is 1.93. The Morgan fingerprint density at radius 1 is 1.15 bits per heavy atom. The van der Waals surface area contributed by atoms with Gasteiger partial charge >= 0.3 is 12.3 Å². The molecule has 0 bridgehead atoms. The first-order valence-electron chi connectivity index (χ1n) is 3.01.